The summed E-state index contributed by atoms with van der Waals surface area (Å²) in [6, 6.07) is 2.17. The fourth-order valence-electron chi connectivity index (χ4n) is 3.12. The Kier molecular flexibility index (Phi) is 4.63. The number of carboxylic acid groups (broad SMARTS) is 1. The first-order valence-electron chi connectivity index (χ1n) is 7.49. The molecule has 0 aromatic carbocycles. The van der Waals surface area contributed by atoms with Crippen LogP contribution in [0.25, 0.3) is 0 Å². The Hall–Kier alpha value is -1.58. The molecular weight excluding hydrogens is 252 g/mol. The summed E-state index contributed by atoms with van der Waals surface area (Å²) in [5, 5.41) is 12.7. The second-order valence-electron chi connectivity index (χ2n) is 5.88. The van der Waals surface area contributed by atoms with Crippen molar-refractivity contribution < 1.29 is 9.90 Å². The fraction of sp³-hybridized carbons (Fsp3) is 0.625. The molecule has 0 spiro atoms. The van der Waals surface area contributed by atoms with E-state index >= 15 is 0 Å². The molecule has 1 heterocycles. The molecule has 1 aliphatic carbocycles. The maximum atomic E-state index is 11.4. The molecule has 4 nitrogen and oxygen atoms in total. The molecule has 110 valence electrons. The van der Waals surface area contributed by atoms with Crippen molar-refractivity contribution in [2.24, 2.45) is 5.92 Å². The quantitative estimate of drug-likeness (QED) is 0.878. The van der Waals surface area contributed by atoms with Crippen molar-refractivity contribution in [2.45, 2.75) is 58.9 Å². The Morgan fingerprint density at radius 3 is 2.55 bits per heavy atom. The van der Waals surface area contributed by atoms with Gasteiger partial charge in [0, 0.05) is 11.7 Å². The summed E-state index contributed by atoms with van der Waals surface area (Å²) < 4.78 is 0. The van der Waals surface area contributed by atoms with Gasteiger partial charge in [-0.25, -0.2) is 9.78 Å². The third-order valence-electron chi connectivity index (χ3n) is 4.32. The van der Waals surface area contributed by atoms with Crippen molar-refractivity contribution in [1.82, 2.24) is 4.98 Å². The number of carboxylic acids is 1. The van der Waals surface area contributed by atoms with E-state index in [9.17, 15) is 9.90 Å². The van der Waals surface area contributed by atoms with Crippen LogP contribution < -0.4 is 5.32 Å². The fourth-order valence-corrected chi connectivity index (χ4v) is 3.12. The second-order valence-corrected chi connectivity index (χ2v) is 5.88. The van der Waals surface area contributed by atoms with Gasteiger partial charge in [0.25, 0.3) is 0 Å². The average molecular weight is 276 g/mol. The summed E-state index contributed by atoms with van der Waals surface area (Å²) in [7, 11) is 0. The Morgan fingerprint density at radius 2 is 2.00 bits per heavy atom. The Bertz CT molecular complexity index is 491. The third-order valence-corrected chi connectivity index (χ3v) is 4.32. The van der Waals surface area contributed by atoms with Gasteiger partial charge in [-0.3, -0.25) is 0 Å². The van der Waals surface area contributed by atoms with Crippen LogP contribution in [0.1, 0.15) is 60.6 Å². The zero-order chi connectivity index (χ0) is 14.7. The summed E-state index contributed by atoms with van der Waals surface area (Å²) in [5.74, 6) is 0.467. The highest BCUT2D eigenvalue weighted by molar-refractivity contribution is 5.94. The molecule has 1 fully saturated rings. The maximum Gasteiger partial charge on any atom is 0.339 e. The lowest BCUT2D eigenvalue weighted by atomic mass is 9.84. The van der Waals surface area contributed by atoms with E-state index in [0.29, 0.717) is 17.4 Å². The van der Waals surface area contributed by atoms with Gasteiger partial charge < -0.3 is 10.4 Å². The van der Waals surface area contributed by atoms with Crippen LogP contribution in [-0.2, 0) is 0 Å². The smallest absolute Gasteiger partial charge is 0.339 e. The van der Waals surface area contributed by atoms with Gasteiger partial charge in [0.2, 0.25) is 0 Å². The zero-order valence-electron chi connectivity index (χ0n) is 12.6. The maximum absolute atomic E-state index is 11.4. The Labute approximate surface area is 120 Å². The predicted molar refractivity (Wildman–Crippen MR) is 80.3 cm³/mol. The molecule has 1 aromatic rings. The van der Waals surface area contributed by atoms with Crippen molar-refractivity contribution in [2.75, 3.05) is 5.32 Å². The first-order chi connectivity index (χ1) is 9.51. The molecular formula is C16H24N2O2. The highest BCUT2D eigenvalue weighted by Gasteiger charge is 2.23. The number of aromatic nitrogens is 1. The lowest BCUT2D eigenvalue weighted by Crippen LogP contribution is -2.27. The minimum Gasteiger partial charge on any atom is -0.478 e. The summed E-state index contributed by atoms with van der Waals surface area (Å²) in [5.41, 5.74) is 1.94. The van der Waals surface area contributed by atoms with Gasteiger partial charge in [-0.05, 0) is 57.1 Å². The number of aromatic carboxylic acids is 1. The van der Waals surface area contributed by atoms with Gasteiger partial charge >= 0.3 is 5.97 Å². The van der Waals surface area contributed by atoms with E-state index < -0.39 is 5.97 Å². The Balaban J connectivity index is 2.15. The van der Waals surface area contributed by atoms with Gasteiger partial charge in [-0.2, -0.15) is 0 Å². The number of aryl methyl sites for hydroxylation is 2. The molecule has 0 bridgehead atoms. The lowest BCUT2D eigenvalue weighted by Gasteiger charge is -2.29. The summed E-state index contributed by atoms with van der Waals surface area (Å²) in [6.07, 6.45) is 5.90. The van der Waals surface area contributed by atoms with Crippen molar-refractivity contribution in [3.63, 3.8) is 0 Å². The van der Waals surface area contributed by atoms with Crippen molar-refractivity contribution in [3.8, 4) is 0 Å². The van der Waals surface area contributed by atoms with Crippen LogP contribution in [0.2, 0.25) is 0 Å². The normalized spacial score (nSPS) is 22.6. The van der Waals surface area contributed by atoms with E-state index in [-0.39, 0.29) is 0 Å². The van der Waals surface area contributed by atoms with E-state index in [4.69, 9.17) is 0 Å². The van der Waals surface area contributed by atoms with E-state index in [0.717, 1.165) is 30.0 Å². The molecule has 0 aliphatic heterocycles. The van der Waals surface area contributed by atoms with Crippen molar-refractivity contribution in [3.05, 3.63) is 22.9 Å². The molecule has 1 aliphatic rings. The predicted octanol–water partition coefficient (Wildman–Crippen LogP) is 3.78. The minimum atomic E-state index is -0.903. The first kappa shape index (κ1) is 14.8. The van der Waals surface area contributed by atoms with Crippen molar-refractivity contribution in [1.29, 1.82) is 0 Å². The average Bonchev–Trinajstić information content (AvgIpc) is 2.38. The van der Waals surface area contributed by atoms with Crippen LogP contribution in [0.5, 0.6) is 0 Å². The monoisotopic (exact) mass is 276 g/mol. The molecule has 1 saturated carbocycles. The summed E-state index contributed by atoms with van der Waals surface area (Å²) in [6.45, 7) is 5.97. The minimum absolute atomic E-state index is 0.313. The van der Waals surface area contributed by atoms with Crippen LogP contribution in [0.4, 0.5) is 5.82 Å². The van der Waals surface area contributed by atoms with Gasteiger partial charge in [-0.1, -0.05) is 13.3 Å². The van der Waals surface area contributed by atoms with E-state index in [1.165, 1.54) is 19.3 Å². The SMILES string of the molecule is CCC1CCC(Nc2nc(C)cc(C)c2C(=O)O)CC1. The summed E-state index contributed by atoms with van der Waals surface area (Å²) in [4.78, 5) is 15.8. The number of carbonyl (C=O) groups is 1. The number of rotatable bonds is 4. The molecule has 0 atom stereocenters. The summed E-state index contributed by atoms with van der Waals surface area (Å²) >= 11 is 0. The third kappa shape index (κ3) is 3.30. The molecule has 20 heavy (non-hydrogen) atoms. The van der Waals surface area contributed by atoms with Crippen molar-refractivity contribution >= 4 is 11.8 Å². The molecule has 0 amide bonds. The van der Waals surface area contributed by atoms with Gasteiger partial charge in [0.1, 0.15) is 11.4 Å². The lowest BCUT2D eigenvalue weighted by molar-refractivity contribution is 0.0696. The molecule has 4 heteroatoms. The highest BCUT2D eigenvalue weighted by atomic mass is 16.4. The number of nitrogens with one attached hydrogen (secondary N) is 1. The topological polar surface area (TPSA) is 62.2 Å². The standard InChI is InChI=1S/C16H24N2O2/c1-4-12-5-7-13(8-6-12)18-15-14(16(19)20)10(2)9-11(3)17-15/h9,12-13H,4-8H2,1-3H3,(H,17,18)(H,19,20). The van der Waals surface area contributed by atoms with Gasteiger partial charge in [-0.15, -0.1) is 0 Å². The van der Waals surface area contributed by atoms with Crippen LogP contribution in [0.3, 0.4) is 0 Å². The molecule has 0 radical (unpaired) electrons. The number of anilines is 1. The molecule has 1 aromatic heterocycles. The molecule has 0 unspecified atom stereocenters. The highest BCUT2D eigenvalue weighted by Crippen LogP contribution is 2.29. The molecule has 2 N–H and O–H groups in total. The second kappa shape index (κ2) is 6.25. The number of hydrogen-bond donors (Lipinski definition) is 2. The van der Waals surface area contributed by atoms with Gasteiger partial charge in [0.05, 0.1) is 0 Å². The Morgan fingerprint density at radius 1 is 1.35 bits per heavy atom. The molecule has 2 rings (SSSR count). The number of nitrogens with zero attached hydrogens (tertiary/aromatic N) is 1. The van der Waals surface area contributed by atoms with Crippen LogP contribution in [0.15, 0.2) is 6.07 Å². The molecule has 0 saturated heterocycles. The van der Waals surface area contributed by atoms with E-state index in [1.807, 2.05) is 19.9 Å². The largest absolute Gasteiger partial charge is 0.478 e. The van der Waals surface area contributed by atoms with Crippen LogP contribution >= 0.6 is 0 Å². The number of hydrogen-bond acceptors (Lipinski definition) is 3. The number of pyridine rings is 1. The van der Waals surface area contributed by atoms with Crippen LogP contribution in [0, 0.1) is 19.8 Å². The van der Waals surface area contributed by atoms with Crippen LogP contribution in [-0.4, -0.2) is 22.1 Å². The zero-order valence-corrected chi connectivity index (χ0v) is 12.6. The first-order valence-corrected chi connectivity index (χ1v) is 7.49. The van der Waals surface area contributed by atoms with E-state index in [2.05, 4.69) is 17.2 Å². The van der Waals surface area contributed by atoms with E-state index in [1.54, 1.807) is 0 Å². The van der Waals surface area contributed by atoms with Gasteiger partial charge in [0.15, 0.2) is 0 Å².